The first-order valence-corrected chi connectivity index (χ1v) is 10.3. The Bertz CT molecular complexity index is 688. The molecular formula is C20H24N2OSi. The van der Waals surface area contributed by atoms with Gasteiger partial charge in [0.1, 0.15) is 0 Å². The molecule has 2 aromatic carbocycles. The summed E-state index contributed by atoms with van der Waals surface area (Å²) in [5.41, 5.74) is -0.731. The van der Waals surface area contributed by atoms with E-state index in [-0.39, 0.29) is 5.04 Å². The molecule has 0 bridgehead atoms. The highest BCUT2D eigenvalue weighted by atomic mass is 28.4. The van der Waals surface area contributed by atoms with Crippen LogP contribution in [0.4, 0.5) is 0 Å². The molecule has 0 radical (unpaired) electrons. The maximum absolute atomic E-state index is 9.77. The Kier molecular flexibility index (Phi) is 4.35. The van der Waals surface area contributed by atoms with Gasteiger partial charge in [-0.3, -0.25) is 0 Å². The molecule has 0 saturated carbocycles. The molecular weight excluding hydrogens is 312 g/mol. The summed E-state index contributed by atoms with van der Waals surface area (Å²) in [7, 11) is -2.64. The SMILES string of the molecule is CC(C)(C)[Si](OC1(C#N)CNC1)(c1ccccc1)c1ccccc1. The van der Waals surface area contributed by atoms with Gasteiger partial charge in [0.05, 0.1) is 6.07 Å². The average Bonchev–Trinajstić information content (AvgIpc) is 2.55. The number of hydrogen-bond donors (Lipinski definition) is 1. The fraction of sp³-hybridized carbons (Fsp3) is 0.350. The molecule has 1 fully saturated rings. The molecule has 0 unspecified atom stereocenters. The van der Waals surface area contributed by atoms with Crippen LogP contribution in [-0.4, -0.2) is 27.0 Å². The van der Waals surface area contributed by atoms with Crippen LogP contribution >= 0.6 is 0 Å². The predicted molar refractivity (Wildman–Crippen MR) is 99.9 cm³/mol. The van der Waals surface area contributed by atoms with E-state index in [4.69, 9.17) is 4.43 Å². The number of rotatable bonds is 4. The summed E-state index contributed by atoms with van der Waals surface area (Å²) >= 11 is 0. The standard InChI is InChI=1S/C20H24N2OSi/c1-19(2,3)24(17-10-6-4-7-11-17,18-12-8-5-9-13-18)23-20(14-21)15-22-16-20/h4-13,22H,15-16H2,1-3H3. The summed E-state index contributed by atoms with van der Waals surface area (Å²) in [6, 6.07) is 23.4. The molecule has 0 aromatic heterocycles. The van der Waals surface area contributed by atoms with Crippen LogP contribution in [0.3, 0.4) is 0 Å². The van der Waals surface area contributed by atoms with Crippen LogP contribution in [-0.2, 0) is 4.43 Å². The van der Waals surface area contributed by atoms with Gasteiger partial charge in [-0.05, 0) is 15.4 Å². The summed E-state index contributed by atoms with van der Waals surface area (Å²) in [5, 5.41) is 15.3. The Hall–Kier alpha value is -1.93. The Morgan fingerprint density at radius 3 is 1.71 bits per heavy atom. The van der Waals surface area contributed by atoms with E-state index in [0.717, 1.165) is 0 Å². The van der Waals surface area contributed by atoms with Gasteiger partial charge >= 0.3 is 0 Å². The maximum Gasteiger partial charge on any atom is 0.263 e. The summed E-state index contributed by atoms with van der Waals surface area (Å²) < 4.78 is 6.86. The Balaban J connectivity index is 2.24. The third-order valence-corrected chi connectivity index (χ3v) is 9.89. The van der Waals surface area contributed by atoms with Crippen molar-refractivity contribution in [2.75, 3.05) is 13.1 Å². The van der Waals surface area contributed by atoms with E-state index in [1.807, 2.05) is 12.1 Å². The van der Waals surface area contributed by atoms with Crippen molar-refractivity contribution < 1.29 is 4.43 Å². The van der Waals surface area contributed by atoms with Crippen molar-refractivity contribution in [1.82, 2.24) is 5.32 Å². The largest absolute Gasteiger partial charge is 0.387 e. The van der Waals surface area contributed by atoms with Crippen LogP contribution in [0, 0.1) is 11.3 Å². The minimum Gasteiger partial charge on any atom is -0.387 e. The zero-order valence-corrected chi connectivity index (χ0v) is 15.5. The predicted octanol–water partition coefficient (Wildman–Crippen LogP) is 2.43. The van der Waals surface area contributed by atoms with E-state index in [2.05, 4.69) is 80.7 Å². The molecule has 4 heteroatoms. The van der Waals surface area contributed by atoms with Crippen molar-refractivity contribution in [2.45, 2.75) is 31.4 Å². The zero-order valence-electron chi connectivity index (χ0n) is 14.5. The van der Waals surface area contributed by atoms with Crippen LogP contribution in [0.25, 0.3) is 0 Å². The van der Waals surface area contributed by atoms with Gasteiger partial charge in [0.25, 0.3) is 8.32 Å². The van der Waals surface area contributed by atoms with E-state index in [0.29, 0.717) is 13.1 Å². The highest BCUT2D eigenvalue weighted by Gasteiger charge is 2.56. The lowest BCUT2D eigenvalue weighted by molar-refractivity contribution is 0.0607. The number of nitrogens with zero attached hydrogens (tertiary/aromatic N) is 1. The van der Waals surface area contributed by atoms with Crippen LogP contribution in [0.2, 0.25) is 5.04 Å². The highest BCUT2D eigenvalue weighted by molar-refractivity contribution is 6.99. The smallest absolute Gasteiger partial charge is 0.263 e. The van der Waals surface area contributed by atoms with Crippen molar-refractivity contribution in [1.29, 1.82) is 5.26 Å². The third-order valence-electron chi connectivity index (χ3n) is 4.79. The second kappa shape index (κ2) is 6.17. The normalized spacial score (nSPS) is 16.9. The van der Waals surface area contributed by atoms with Crippen LogP contribution < -0.4 is 15.7 Å². The average molecular weight is 337 g/mol. The number of nitrogens with one attached hydrogen (secondary N) is 1. The second-order valence-corrected chi connectivity index (χ2v) is 11.7. The van der Waals surface area contributed by atoms with Gasteiger partial charge in [-0.15, -0.1) is 0 Å². The van der Waals surface area contributed by atoms with Crippen molar-refractivity contribution in [3.8, 4) is 6.07 Å². The summed E-state index contributed by atoms with van der Waals surface area (Å²) in [6.45, 7) is 7.88. The first-order chi connectivity index (χ1) is 11.4. The molecule has 0 spiro atoms. The van der Waals surface area contributed by atoms with Crippen LogP contribution in [0.1, 0.15) is 20.8 Å². The molecule has 3 rings (SSSR count). The summed E-state index contributed by atoms with van der Waals surface area (Å²) in [5.74, 6) is 0. The van der Waals surface area contributed by atoms with Gasteiger partial charge in [-0.2, -0.15) is 5.26 Å². The number of benzene rings is 2. The van der Waals surface area contributed by atoms with Crippen LogP contribution in [0.15, 0.2) is 60.7 Å². The monoisotopic (exact) mass is 336 g/mol. The number of hydrogen-bond acceptors (Lipinski definition) is 3. The zero-order chi connectivity index (χ0) is 17.3. The lowest BCUT2D eigenvalue weighted by Crippen LogP contribution is -2.74. The molecule has 0 aliphatic carbocycles. The molecule has 0 atom stereocenters. The van der Waals surface area contributed by atoms with E-state index in [1.165, 1.54) is 10.4 Å². The molecule has 1 aliphatic rings. The van der Waals surface area contributed by atoms with Gasteiger partial charge in [-0.25, -0.2) is 0 Å². The van der Waals surface area contributed by atoms with Crippen molar-refractivity contribution in [3.63, 3.8) is 0 Å². The third kappa shape index (κ3) is 2.69. The molecule has 0 amide bonds. The van der Waals surface area contributed by atoms with Gasteiger partial charge < -0.3 is 9.74 Å². The minimum atomic E-state index is -2.64. The van der Waals surface area contributed by atoms with Crippen molar-refractivity contribution in [2.24, 2.45) is 0 Å². The first-order valence-electron chi connectivity index (χ1n) is 8.37. The van der Waals surface area contributed by atoms with Gasteiger partial charge in [0.2, 0.25) is 0 Å². The van der Waals surface area contributed by atoms with Crippen LogP contribution in [0.5, 0.6) is 0 Å². The van der Waals surface area contributed by atoms with E-state index >= 15 is 0 Å². The summed E-state index contributed by atoms with van der Waals surface area (Å²) in [4.78, 5) is 0. The molecule has 24 heavy (non-hydrogen) atoms. The Labute approximate surface area is 145 Å². The fourth-order valence-corrected chi connectivity index (χ4v) is 8.18. The minimum absolute atomic E-state index is 0.102. The van der Waals surface area contributed by atoms with Crippen molar-refractivity contribution >= 4 is 18.7 Å². The second-order valence-electron chi connectivity index (χ2n) is 7.47. The van der Waals surface area contributed by atoms with Gasteiger partial charge in [0.15, 0.2) is 5.60 Å². The molecule has 1 heterocycles. The molecule has 3 nitrogen and oxygen atoms in total. The van der Waals surface area contributed by atoms with Crippen molar-refractivity contribution in [3.05, 3.63) is 60.7 Å². The molecule has 1 saturated heterocycles. The lowest BCUT2D eigenvalue weighted by Gasteiger charge is -2.50. The molecule has 2 aromatic rings. The van der Waals surface area contributed by atoms with Gasteiger partial charge in [0, 0.05) is 13.1 Å². The lowest BCUT2D eigenvalue weighted by atomic mass is 10.0. The topological polar surface area (TPSA) is 45.0 Å². The Morgan fingerprint density at radius 2 is 1.42 bits per heavy atom. The van der Waals surface area contributed by atoms with E-state index in [9.17, 15) is 5.26 Å². The van der Waals surface area contributed by atoms with E-state index < -0.39 is 13.9 Å². The molecule has 124 valence electrons. The Morgan fingerprint density at radius 1 is 0.958 bits per heavy atom. The fourth-order valence-electron chi connectivity index (χ4n) is 3.47. The molecule has 1 aliphatic heterocycles. The maximum atomic E-state index is 9.77. The first kappa shape index (κ1) is 16.9. The highest BCUT2D eigenvalue weighted by Crippen LogP contribution is 2.39. The quantitative estimate of drug-likeness (QED) is 0.872. The number of nitriles is 1. The van der Waals surface area contributed by atoms with E-state index in [1.54, 1.807) is 0 Å². The molecule has 1 N–H and O–H groups in total. The van der Waals surface area contributed by atoms with Gasteiger partial charge in [-0.1, -0.05) is 81.4 Å². The summed E-state index contributed by atoms with van der Waals surface area (Å²) in [6.07, 6.45) is 0.